The van der Waals surface area contributed by atoms with Gasteiger partial charge in [0.05, 0.1) is 11.0 Å². The average Bonchev–Trinajstić information content (AvgIpc) is 2.23. The third-order valence-electron chi connectivity index (χ3n) is 2.17. The first-order valence-corrected chi connectivity index (χ1v) is 4.99. The van der Waals surface area contributed by atoms with E-state index in [0.29, 0.717) is 15.6 Å². The van der Waals surface area contributed by atoms with Crippen LogP contribution in [0, 0.1) is 11.3 Å². The van der Waals surface area contributed by atoms with Crippen LogP contribution in [0.25, 0.3) is 11.0 Å². The summed E-state index contributed by atoms with van der Waals surface area (Å²) in [4.78, 5) is 15.8. The van der Waals surface area contributed by atoms with E-state index in [2.05, 4.69) is 20.9 Å². The molecule has 0 bridgehead atoms. The zero-order valence-electron chi connectivity index (χ0n) is 7.86. The van der Waals surface area contributed by atoms with E-state index >= 15 is 0 Å². The number of rotatable bonds is 0. The molecule has 0 fully saturated rings. The second kappa shape index (κ2) is 3.48. The summed E-state index contributed by atoms with van der Waals surface area (Å²) in [6.45, 7) is 0. The number of nitriles is 1. The molecule has 0 saturated heterocycles. The Labute approximate surface area is 93.9 Å². The summed E-state index contributed by atoms with van der Waals surface area (Å²) in [5.74, 6) is 0. The Morgan fingerprint density at radius 3 is 2.93 bits per heavy atom. The van der Waals surface area contributed by atoms with Crippen LogP contribution in [-0.2, 0) is 7.05 Å². The van der Waals surface area contributed by atoms with Crippen molar-refractivity contribution in [2.45, 2.75) is 0 Å². The zero-order valence-corrected chi connectivity index (χ0v) is 9.45. The predicted octanol–water partition coefficient (Wildman–Crippen LogP) is 1.57. The molecule has 0 saturated carbocycles. The van der Waals surface area contributed by atoms with Crippen LogP contribution in [0.4, 0.5) is 0 Å². The van der Waals surface area contributed by atoms with E-state index in [4.69, 9.17) is 5.26 Å². The Kier molecular flexibility index (Phi) is 2.29. The van der Waals surface area contributed by atoms with Crippen molar-refractivity contribution in [3.05, 3.63) is 38.7 Å². The van der Waals surface area contributed by atoms with E-state index < -0.39 is 0 Å². The highest BCUT2D eigenvalue weighted by Gasteiger charge is 2.06. The largest absolute Gasteiger partial charge is 0.309 e. The normalized spacial score (nSPS) is 10.2. The van der Waals surface area contributed by atoms with Gasteiger partial charge in [-0.05, 0) is 34.1 Å². The third kappa shape index (κ3) is 1.53. The van der Waals surface area contributed by atoms with Crippen LogP contribution in [0.1, 0.15) is 5.56 Å². The summed E-state index contributed by atoms with van der Waals surface area (Å²) >= 11 is 3.24. The maximum atomic E-state index is 11.6. The van der Waals surface area contributed by atoms with E-state index in [0.717, 1.165) is 0 Å². The molecule has 0 aliphatic heterocycles. The lowest BCUT2D eigenvalue weighted by Crippen LogP contribution is -2.19. The Bertz CT molecular complexity index is 639. The molecule has 0 spiro atoms. The lowest BCUT2D eigenvalue weighted by Gasteiger charge is -2.04. The van der Waals surface area contributed by atoms with Gasteiger partial charge in [-0.3, -0.25) is 4.79 Å². The molecular formula is C10H6BrN3O. The molecule has 0 N–H and O–H groups in total. The van der Waals surface area contributed by atoms with Crippen molar-refractivity contribution < 1.29 is 0 Å². The van der Waals surface area contributed by atoms with Gasteiger partial charge in [-0.15, -0.1) is 0 Å². The number of hydrogen-bond acceptors (Lipinski definition) is 3. The first-order valence-electron chi connectivity index (χ1n) is 4.20. The molecule has 74 valence electrons. The highest BCUT2D eigenvalue weighted by atomic mass is 79.9. The van der Waals surface area contributed by atoms with E-state index in [1.165, 1.54) is 10.6 Å². The second-order valence-corrected chi connectivity index (χ2v) is 3.88. The molecular weight excluding hydrogens is 258 g/mol. The zero-order chi connectivity index (χ0) is 11.0. The van der Waals surface area contributed by atoms with Gasteiger partial charge in [0.2, 0.25) is 0 Å². The number of aromatic nitrogens is 2. The van der Waals surface area contributed by atoms with E-state index in [1.54, 1.807) is 19.2 Å². The minimum atomic E-state index is -0.297. The minimum Gasteiger partial charge on any atom is -0.309 e. The van der Waals surface area contributed by atoms with Gasteiger partial charge in [-0.25, -0.2) is 4.98 Å². The first kappa shape index (κ1) is 9.87. The Balaban J connectivity index is 2.99. The quantitative estimate of drug-likeness (QED) is 0.678. The molecule has 0 radical (unpaired) electrons. The summed E-state index contributed by atoms with van der Waals surface area (Å²) in [5.41, 5.74) is 1.15. The Hall–Kier alpha value is -1.67. The Morgan fingerprint density at radius 1 is 1.53 bits per heavy atom. The molecule has 0 aliphatic rings. The van der Waals surface area contributed by atoms with Crippen LogP contribution in [0.5, 0.6) is 0 Å². The van der Waals surface area contributed by atoms with Gasteiger partial charge in [0.15, 0.2) is 0 Å². The maximum Gasteiger partial charge on any atom is 0.268 e. The van der Waals surface area contributed by atoms with Gasteiger partial charge in [0.1, 0.15) is 16.2 Å². The van der Waals surface area contributed by atoms with Crippen LogP contribution < -0.4 is 5.56 Å². The first-order chi connectivity index (χ1) is 7.13. The highest BCUT2D eigenvalue weighted by molar-refractivity contribution is 9.10. The van der Waals surface area contributed by atoms with Crippen molar-refractivity contribution in [3.63, 3.8) is 0 Å². The fraction of sp³-hybridized carbons (Fsp3) is 0.100. The number of nitrogens with zero attached hydrogens (tertiary/aromatic N) is 3. The van der Waals surface area contributed by atoms with Crippen molar-refractivity contribution in [1.82, 2.24) is 9.55 Å². The molecule has 0 atom stereocenters. The number of pyridine rings is 2. The van der Waals surface area contributed by atoms with Gasteiger partial charge in [-0.2, -0.15) is 5.26 Å². The SMILES string of the molecule is Cn1c(=O)c(C#N)cc2nc(Br)ccc21. The molecule has 0 amide bonds. The summed E-state index contributed by atoms with van der Waals surface area (Å²) in [6, 6.07) is 6.91. The molecule has 2 heterocycles. The molecule has 5 heteroatoms. The standard InChI is InChI=1S/C10H6BrN3O/c1-14-8-2-3-9(11)13-7(8)4-6(5-12)10(14)15/h2-4H,1H3. The summed E-state index contributed by atoms with van der Waals surface area (Å²) in [7, 11) is 1.63. The van der Waals surface area contributed by atoms with Crippen molar-refractivity contribution in [2.75, 3.05) is 0 Å². The van der Waals surface area contributed by atoms with Crippen LogP contribution in [-0.4, -0.2) is 9.55 Å². The number of fused-ring (bicyclic) bond motifs is 1. The molecule has 15 heavy (non-hydrogen) atoms. The number of aryl methyl sites for hydroxylation is 1. The van der Waals surface area contributed by atoms with Crippen molar-refractivity contribution in [1.29, 1.82) is 5.26 Å². The maximum absolute atomic E-state index is 11.6. The van der Waals surface area contributed by atoms with Gasteiger partial charge >= 0.3 is 0 Å². The molecule has 2 aromatic heterocycles. The average molecular weight is 264 g/mol. The van der Waals surface area contributed by atoms with Gasteiger partial charge < -0.3 is 4.57 Å². The fourth-order valence-corrected chi connectivity index (χ4v) is 1.72. The lowest BCUT2D eigenvalue weighted by molar-refractivity contribution is 0.897. The van der Waals surface area contributed by atoms with Gasteiger partial charge in [-0.1, -0.05) is 0 Å². The summed E-state index contributed by atoms with van der Waals surface area (Å²) in [5, 5.41) is 8.77. The van der Waals surface area contributed by atoms with Crippen LogP contribution >= 0.6 is 15.9 Å². The molecule has 0 unspecified atom stereocenters. The number of hydrogen-bond donors (Lipinski definition) is 0. The van der Waals surface area contributed by atoms with Crippen molar-refractivity contribution in [2.24, 2.45) is 7.05 Å². The van der Waals surface area contributed by atoms with Crippen molar-refractivity contribution in [3.8, 4) is 6.07 Å². The molecule has 0 aromatic carbocycles. The highest BCUT2D eigenvalue weighted by Crippen LogP contribution is 2.14. The summed E-state index contributed by atoms with van der Waals surface area (Å²) < 4.78 is 2.10. The lowest BCUT2D eigenvalue weighted by atomic mass is 10.2. The van der Waals surface area contributed by atoms with Crippen LogP contribution in [0.3, 0.4) is 0 Å². The molecule has 4 nitrogen and oxygen atoms in total. The molecule has 2 rings (SSSR count). The summed E-state index contributed by atoms with van der Waals surface area (Å²) in [6.07, 6.45) is 0. The fourth-order valence-electron chi connectivity index (χ4n) is 1.40. The smallest absolute Gasteiger partial charge is 0.268 e. The molecule has 0 aliphatic carbocycles. The monoisotopic (exact) mass is 263 g/mol. The van der Waals surface area contributed by atoms with Crippen molar-refractivity contribution >= 4 is 27.0 Å². The Morgan fingerprint density at radius 2 is 2.27 bits per heavy atom. The topological polar surface area (TPSA) is 58.7 Å². The van der Waals surface area contributed by atoms with E-state index in [1.807, 2.05) is 6.07 Å². The van der Waals surface area contributed by atoms with Gasteiger partial charge in [0.25, 0.3) is 5.56 Å². The van der Waals surface area contributed by atoms with E-state index in [-0.39, 0.29) is 11.1 Å². The third-order valence-corrected chi connectivity index (χ3v) is 2.61. The van der Waals surface area contributed by atoms with E-state index in [9.17, 15) is 4.79 Å². The predicted molar refractivity (Wildman–Crippen MR) is 59.4 cm³/mol. The van der Waals surface area contributed by atoms with Gasteiger partial charge in [0, 0.05) is 7.05 Å². The van der Waals surface area contributed by atoms with Crippen LogP contribution in [0.15, 0.2) is 27.6 Å². The second-order valence-electron chi connectivity index (χ2n) is 3.07. The number of halogens is 1. The van der Waals surface area contributed by atoms with Crippen LogP contribution in [0.2, 0.25) is 0 Å². The molecule has 2 aromatic rings. The minimum absolute atomic E-state index is 0.107.